The zero-order valence-corrected chi connectivity index (χ0v) is 16.9. The molecule has 0 amide bonds. The molecule has 0 bridgehead atoms. The Morgan fingerprint density at radius 3 is 2.57 bits per heavy atom. The van der Waals surface area contributed by atoms with Gasteiger partial charge < -0.3 is 4.90 Å². The number of anilines is 1. The summed E-state index contributed by atoms with van der Waals surface area (Å²) in [5.41, 5.74) is 1.24. The van der Waals surface area contributed by atoms with Gasteiger partial charge in [0.25, 0.3) is 5.69 Å². The number of pyridine rings is 1. The van der Waals surface area contributed by atoms with Gasteiger partial charge in [-0.2, -0.15) is 9.57 Å². The molecule has 11 heteroatoms. The van der Waals surface area contributed by atoms with Crippen LogP contribution >= 0.6 is 0 Å². The van der Waals surface area contributed by atoms with Crippen LogP contribution in [0.25, 0.3) is 5.65 Å². The van der Waals surface area contributed by atoms with E-state index in [1.165, 1.54) is 16.4 Å². The number of nitriles is 1. The number of fused-ring (bicyclic) bond motifs is 1. The summed E-state index contributed by atoms with van der Waals surface area (Å²) < 4.78 is 29.2. The van der Waals surface area contributed by atoms with Crippen LogP contribution in [0.1, 0.15) is 11.3 Å². The second-order valence-electron chi connectivity index (χ2n) is 6.92. The van der Waals surface area contributed by atoms with Gasteiger partial charge in [-0.25, -0.2) is 13.4 Å². The molecule has 154 valence electrons. The maximum Gasteiger partial charge on any atom is 0.270 e. The molecule has 0 spiro atoms. The zero-order chi connectivity index (χ0) is 21.5. The van der Waals surface area contributed by atoms with Gasteiger partial charge >= 0.3 is 0 Å². The number of nitro groups is 1. The molecule has 3 aromatic rings. The van der Waals surface area contributed by atoms with E-state index in [1.807, 2.05) is 17.0 Å². The average Bonchev–Trinajstić information content (AvgIpc) is 3.12. The monoisotopic (exact) mass is 426 g/mol. The van der Waals surface area contributed by atoms with Gasteiger partial charge in [0, 0.05) is 44.5 Å². The Morgan fingerprint density at radius 1 is 1.17 bits per heavy atom. The first kappa shape index (κ1) is 19.8. The van der Waals surface area contributed by atoms with Crippen LogP contribution in [0.15, 0.2) is 47.5 Å². The minimum absolute atomic E-state index is 0.0596. The highest BCUT2D eigenvalue weighted by Crippen LogP contribution is 2.27. The first-order chi connectivity index (χ1) is 14.3. The van der Waals surface area contributed by atoms with Crippen molar-refractivity contribution in [3.8, 4) is 6.07 Å². The topological polar surface area (TPSA) is 125 Å². The molecule has 0 N–H and O–H groups in total. The maximum atomic E-state index is 13.1. The third kappa shape index (κ3) is 3.26. The van der Waals surface area contributed by atoms with E-state index in [9.17, 15) is 23.8 Å². The van der Waals surface area contributed by atoms with Gasteiger partial charge in [0.15, 0.2) is 11.5 Å². The molecular formula is C19H18N6O4S. The Hall–Kier alpha value is -3.49. The first-order valence-corrected chi connectivity index (χ1v) is 10.6. The van der Waals surface area contributed by atoms with Crippen LogP contribution in [-0.4, -0.2) is 53.2 Å². The number of nitro benzene ring substituents is 1. The Kier molecular flexibility index (Phi) is 4.89. The SMILES string of the molecule is Cc1ccc([N+](=O)[O-])cc1S(=O)(=O)N1CCN(c2nc3ccccn3c2C#N)CC1. The molecule has 0 aliphatic carbocycles. The van der Waals surface area contributed by atoms with E-state index >= 15 is 0 Å². The molecule has 3 heterocycles. The quantitative estimate of drug-likeness (QED) is 0.461. The normalized spacial score (nSPS) is 15.3. The Labute approximate surface area is 172 Å². The highest BCUT2D eigenvalue weighted by atomic mass is 32.2. The van der Waals surface area contributed by atoms with Crippen LogP contribution in [0, 0.1) is 28.4 Å². The third-order valence-corrected chi connectivity index (χ3v) is 7.20. The Balaban J connectivity index is 1.59. The van der Waals surface area contributed by atoms with Gasteiger partial charge in [-0.15, -0.1) is 0 Å². The van der Waals surface area contributed by atoms with Crippen LogP contribution in [0.2, 0.25) is 0 Å². The predicted molar refractivity (Wildman–Crippen MR) is 109 cm³/mol. The molecule has 1 saturated heterocycles. The number of aromatic nitrogens is 2. The summed E-state index contributed by atoms with van der Waals surface area (Å²) in [6.07, 6.45) is 1.76. The summed E-state index contributed by atoms with van der Waals surface area (Å²) in [7, 11) is -3.88. The number of nitrogens with zero attached hydrogens (tertiary/aromatic N) is 6. The van der Waals surface area contributed by atoms with Crippen LogP contribution in [0.4, 0.5) is 11.5 Å². The van der Waals surface area contributed by atoms with Gasteiger partial charge in [0.1, 0.15) is 11.7 Å². The lowest BCUT2D eigenvalue weighted by atomic mass is 10.2. The van der Waals surface area contributed by atoms with Crippen LogP contribution in [0.5, 0.6) is 0 Å². The van der Waals surface area contributed by atoms with Crippen molar-refractivity contribution in [1.29, 1.82) is 5.26 Å². The molecule has 30 heavy (non-hydrogen) atoms. The Morgan fingerprint density at radius 2 is 1.90 bits per heavy atom. The molecule has 4 rings (SSSR count). The lowest BCUT2D eigenvalue weighted by molar-refractivity contribution is -0.385. The Bertz CT molecular complexity index is 1290. The minimum atomic E-state index is -3.88. The summed E-state index contributed by atoms with van der Waals surface area (Å²) in [6, 6.07) is 11.5. The summed E-state index contributed by atoms with van der Waals surface area (Å²) in [5.74, 6) is 0.521. The predicted octanol–water partition coefficient (Wildman–Crippen LogP) is 1.93. The number of aryl methyl sites for hydroxylation is 1. The molecule has 0 saturated carbocycles. The van der Waals surface area contributed by atoms with Crippen molar-refractivity contribution in [1.82, 2.24) is 13.7 Å². The van der Waals surface area contributed by atoms with Crippen molar-refractivity contribution in [3.63, 3.8) is 0 Å². The van der Waals surface area contributed by atoms with Crippen molar-refractivity contribution in [2.45, 2.75) is 11.8 Å². The van der Waals surface area contributed by atoms with E-state index in [0.717, 1.165) is 6.07 Å². The fourth-order valence-corrected chi connectivity index (χ4v) is 5.23. The maximum absolute atomic E-state index is 13.1. The van der Waals surface area contributed by atoms with E-state index in [2.05, 4.69) is 11.1 Å². The van der Waals surface area contributed by atoms with Crippen LogP contribution < -0.4 is 4.90 Å². The molecular weight excluding hydrogens is 408 g/mol. The lowest BCUT2D eigenvalue weighted by Crippen LogP contribution is -2.49. The lowest BCUT2D eigenvalue weighted by Gasteiger charge is -2.34. The fourth-order valence-electron chi connectivity index (χ4n) is 3.57. The number of piperazine rings is 1. The van der Waals surface area contributed by atoms with E-state index in [0.29, 0.717) is 35.8 Å². The molecule has 1 fully saturated rings. The van der Waals surface area contributed by atoms with Crippen LogP contribution in [-0.2, 0) is 10.0 Å². The number of benzene rings is 1. The van der Waals surface area contributed by atoms with Crippen molar-refractivity contribution >= 4 is 27.2 Å². The number of non-ortho nitro benzene ring substituents is 1. The van der Waals surface area contributed by atoms with Crippen molar-refractivity contribution in [2.75, 3.05) is 31.1 Å². The van der Waals surface area contributed by atoms with Gasteiger partial charge in [0.05, 0.1) is 9.82 Å². The number of sulfonamides is 1. The molecule has 1 aromatic carbocycles. The second-order valence-corrected chi connectivity index (χ2v) is 8.83. The van der Waals surface area contributed by atoms with Gasteiger partial charge in [-0.3, -0.25) is 14.5 Å². The zero-order valence-electron chi connectivity index (χ0n) is 16.1. The molecule has 2 aromatic heterocycles. The minimum Gasteiger partial charge on any atom is -0.352 e. The number of imidazole rings is 1. The molecule has 10 nitrogen and oxygen atoms in total. The summed E-state index contributed by atoms with van der Waals surface area (Å²) >= 11 is 0. The third-order valence-electron chi connectivity index (χ3n) is 5.16. The van der Waals surface area contributed by atoms with E-state index < -0.39 is 14.9 Å². The second kappa shape index (κ2) is 7.40. The van der Waals surface area contributed by atoms with Gasteiger partial charge in [-0.1, -0.05) is 12.1 Å². The van der Waals surface area contributed by atoms with E-state index in [4.69, 9.17) is 0 Å². The highest BCUT2D eigenvalue weighted by Gasteiger charge is 2.32. The molecule has 0 radical (unpaired) electrons. The average molecular weight is 426 g/mol. The number of hydrogen-bond donors (Lipinski definition) is 0. The molecule has 1 aliphatic heterocycles. The number of hydrogen-bond acceptors (Lipinski definition) is 7. The summed E-state index contributed by atoms with van der Waals surface area (Å²) in [5, 5.41) is 20.6. The summed E-state index contributed by atoms with van der Waals surface area (Å²) in [6.45, 7) is 2.69. The highest BCUT2D eigenvalue weighted by molar-refractivity contribution is 7.89. The van der Waals surface area contributed by atoms with Crippen molar-refractivity contribution in [3.05, 3.63) is 64.0 Å². The van der Waals surface area contributed by atoms with Gasteiger partial charge in [-0.05, 0) is 24.6 Å². The van der Waals surface area contributed by atoms with Crippen molar-refractivity contribution in [2.24, 2.45) is 0 Å². The smallest absolute Gasteiger partial charge is 0.270 e. The standard InChI is InChI=1S/C19H18N6O4S/c1-14-5-6-15(25(26)27)12-17(14)30(28,29)23-10-8-22(9-11-23)19-16(13-20)24-7-3-2-4-18(24)21-19/h2-7,12H,8-11H2,1H3. The molecule has 0 atom stereocenters. The van der Waals surface area contributed by atoms with E-state index in [1.54, 1.807) is 23.6 Å². The number of rotatable bonds is 4. The largest absolute Gasteiger partial charge is 0.352 e. The van der Waals surface area contributed by atoms with E-state index in [-0.39, 0.29) is 23.7 Å². The van der Waals surface area contributed by atoms with Gasteiger partial charge in [0.2, 0.25) is 10.0 Å². The molecule has 0 unspecified atom stereocenters. The molecule has 1 aliphatic rings. The van der Waals surface area contributed by atoms with Crippen LogP contribution in [0.3, 0.4) is 0 Å². The summed E-state index contributed by atoms with van der Waals surface area (Å²) in [4.78, 5) is 16.8. The van der Waals surface area contributed by atoms with Crippen molar-refractivity contribution < 1.29 is 13.3 Å². The first-order valence-electron chi connectivity index (χ1n) is 9.20. The fraction of sp³-hybridized carbons (Fsp3) is 0.263.